The van der Waals surface area contributed by atoms with Gasteiger partial charge in [0, 0.05) is 42.9 Å². The zero-order valence-electron chi connectivity index (χ0n) is 14.7. The first-order chi connectivity index (χ1) is 13.1. The molecular weight excluding hydrogens is 362 g/mol. The second-order valence-corrected chi connectivity index (χ2v) is 9.34. The zero-order chi connectivity index (χ0) is 18.6. The molecule has 2 bridgehead atoms. The number of benzene rings is 1. The van der Waals surface area contributed by atoms with Gasteiger partial charge in [0.1, 0.15) is 12.1 Å². The van der Waals surface area contributed by atoms with Gasteiger partial charge in [-0.25, -0.2) is 18.4 Å². The smallest absolute Gasteiger partial charge is 0.243 e. The van der Waals surface area contributed by atoms with E-state index in [0.29, 0.717) is 24.6 Å². The molecule has 4 heterocycles. The van der Waals surface area contributed by atoms with Crippen LogP contribution >= 0.6 is 0 Å². The molecule has 1 aromatic heterocycles. The number of rotatable bonds is 4. The number of anilines is 1. The molecule has 2 unspecified atom stereocenters. The molecule has 7 nitrogen and oxygen atoms in total. The van der Waals surface area contributed by atoms with Crippen molar-refractivity contribution in [2.75, 3.05) is 18.0 Å². The summed E-state index contributed by atoms with van der Waals surface area (Å²) in [7, 11) is -3.54. The largest absolute Gasteiger partial charge is 0.353 e. The summed E-state index contributed by atoms with van der Waals surface area (Å²) in [5, 5.41) is 8.90. The standard InChI is InChI=1S/C19H19N5O2S/c20-9-13-1-5-17(6-2-13)27(25,26)24-15-7-16(24)11-23(10-15)19-8-18(14-3-4-14)21-12-22-19/h1-2,5-6,8,12,14-16H,3-4,7,10-11H2. The third-order valence-electron chi connectivity index (χ3n) is 5.68. The number of hydrogen-bond acceptors (Lipinski definition) is 6. The fourth-order valence-corrected chi connectivity index (χ4v) is 5.93. The van der Waals surface area contributed by atoms with Gasteiger partial charge in [-0.2, -0.15) is 9.57 Å². The molecule has 4 fully saturated rings. The van der Waals surface area contributed by atoms with Crippen molar-refractivity contribution in [2.24, 2.45) is 0 Å². The van der Waals surface area contributed by atoms with Crippen LogP contribution in [0.1, 0.15) is 36.4 Å². The second-order valence-electron chi connectivity index (χ2n) is 7.49. The van der Waals surface area contributed by atoms with E-state index in [-0.39, 0.29) is 17.0 Å². The molecule has 138 valence electrons. The highest BCUT2D eigenvalue weighted by atomic mass is 32.2. The van der Waals surface area contributed by atoms with E-state index in [2.05, 4.69) is 20.9 Å². The Balaban J connectivity index is 1.35. The van der Waals surface area contributed by atoms with Crippen molar-refractivity contribution in [3.8, 4) is 6.07 Å². The molecule has 1 aromatic carbocycles. The van der Waals surface area contributed by atoms with E-state index >= 15 is 0 Å². The van der Waals surface area contributed by atoms with Gasteiger partial charge >= 0.3 is 0 Å². The van der Waals surface area contributed by atoms with Crippen LogP contribution in [0.2, 0.25) is 0 Å². The van der Waals surface area contributed by atoms with Crippen LogP contribution in [0.4, 0.5) is 5.82 Å². The Hall–Kier alpha value is -2.50. The van der Waals surface area contributed by atoms with Gasteiger partial charge in [0.15, 0.2) is 0 Å². The molecule has 3 aliphatic heterocycles. The Morgan fingerprint density at radius 1 is 1.07 bits per heavy atom. The minimum atomic E-state index is -3.54. The number of fused-ring (bicyclic) bond motifs is 2. The molecule has 0 N–H and O–H groups in total. The highest BCUT2D eigenvalue weighted by molar-refractivity contribution is 7.89. The molecule has 0 radical (unpaired) electrons. The van der Waals surface area contributed by atoms with Crippen LogP contribution in [0, 0.1) is 11.3 Å². The zero-order valence-corrected chi connectivity index (χ0v) is 15.5. The van der Waals surface area contributed by atoms with Gasteiger partial charge in [0.05, 0.1) is 16.5 Å². The lowest BCUT2D eigenvalue weighted by Crippen LogP contribution is -2.70. The molecule has 0 spiro atoms. The van der Waals surface area contributed by atoms with Crippen LogP contribution < -0.4 is 4.90 Å². The summed E-state index contributed by atoms with van der Waals surface area (Å²) in [4.78, 5) is 11.2. The van der Waals surface area contributed by atoms with Gasteiger partial charge in [-0.3, -0.25) is 0 Å². The number of piperazine rings is 1. The van der Waals surface area contributed by atoms with Crippen LogP contribution in [0.5, 0.6) is 0 Å². The maximum atomic E-state index is 13.0. The number of nitrogens with zero attached hydrogens (tertiary/aromatic N) is 5. The van der Waals surface area contributed by atoms with Crippen molar-refractivity contribution in [1.29, 1.82) is 5.26 Å². The fraction of sp³-hybridized carbons (Fsp3) is 0.421. The predicted octanol–water partition coefficient (Wildman–Crippen LogP) is 1.88. The molecule has 0 amide bonds. The molecular formula is C19H19N5O2S. The van der Waals surface area contributed by atoms with E-state index in [1.807, 2.05) is 6.07 Å². The molecule has 4 aliphatic rings. The fourth-order valence-electron chi connectivity index (χ4n) is 4.11. The summed E-state index contributed by atoms with van der Waals surface area (Å²) in [6.45, 7) is 1.29. The van der Waals surface area contributed by atoms with Crippen molar-refractivity contribution in [3.63, 3.8) is 0 Å². The third-order valence-corrected chi connectivity index (χ3v) is 7.70. The first-order valence-electron chi connectivity index (χ1n) is 9.17. The van der Waals surface area contributed by atoms with Crippen LogP contribution in [0.25, 0.3) is 0 Å². The van der Waals surface area contributed by atoms with Crippen LogP contribution in [-0.4, -0.2) is 47.9 Å². The molecule has 8 heteroatoms. The summed E-state index contributed by atoms with van der Waals surface area (Å²) >= 11 is 0. The van der Waals surface area contributed by atoms with Gasteiger partial charge in [-0.1, -0.05) is 0 Å². The SMILES string of the molecule is N#Cc1ccc(S(=O)(=O)N2C3CC2CN(c2cc(C4CC4)ncn2)C3)cc1. The number of nitriles is 1. The van der Waals surface area contributed by atoms with Gasteiger partial charge in [-0.05, 0) is 43.5 Å². The third kappa shape index (κ3) is 2.78. The highest BCUT2D eigenvalue weighted by Crippen LogP contribution is 2.41. The molecule has 1 saturated carbocycles. The average molecular weight is 381 g/mol. The van der Waals surface area contributed by atoms with E-state index in [1.165, 1.54) is 25.0 Å². The minimum absolute atomic E-state index is 0.0382. The van der Waals surface area contributed by atoms with Crippen LogP contribution in [0.15, 0.2) is 41.6 Å². The van der Waals surface area contributed by atoms with E-state index < -0.39 is 10.0 Å². The summed E-state index contributed by atoms with van der Waals surface area (Å²) < 4.78 is 27.7. The molecule has 6 rings (SSSR count). The number of aromatic nitrogens is 2. The highest BCUT2D eigenvalue weighted by Gasteiger charge is 2.51. The topological polar surface area (TPSA) is 90.2 Å². The quantitative estimate of drug-likeness (QED) is 0.803. The lowest BCUT2D eigenvalue weighted by molar-refractivity contribution is 0.0874. The van der Waals surface area contributed by atoms with Crippen molar-refractivity contribution < 1.29 is 8.42 Å². The van der Waals surface area contributed by atoms with Gasteiger partial charge in [0.25, 0.3) is 0 Å². The summed E-state index contributed by atoms with van der Waals surface area (Å²) in [5.41, 5.74) is 1.56. The normalized spacial score (nSPS) is 24.9. The van der Waals surface area contributed by atoms with E-state index in [1.54, 1.807) is 22.8 Å². The molecule has 2 atom stereocenters. The van der Waals surface area contributed by atoms with E-state index in [9.17, 15) is 8.42 Å². The Morgan fingerprint density at radius 2 is 1.78 bits per heavy atom. The Bertz CT molecular complexity index is 1010. The van der Waals surface area contributed by atoms with Crippen LogP contribution in [0.3, 0.4) is 0 Å². The summed E-state index contributed by atoms with van der Waals surface area (Å²) in [6.07, 6.45) is 4.89. The number of sulfonamides is 1. The van der Waals surface area contributed by atoms with Crippen molar-refractivity contribution >= 4 is 15.8 Å². The Labute approximate surface area is 158 Å². The first-order valence-corrected chi connectivity index (χ1v) is 10.6. The second kappa shape index (κ2) is 6.01. The Kier molecular flexibility index (Phi) is 3.71. The predicted molar refractivity (Wildman–Crippen MR) is 98.6 cm³/mol. The lowest BCUT2D eigenvalue weighted by atomic mass is 9.91. The minimum Gasteiger partial charge on any atom is -0.353 e. The number of hydrogen-bond donors (Lipinski definition) is 0. The lowest BCUT2D eigenvalue weighted by Gasteiger charge is -2.55. The molecule has 1 aliphatic carbocycles. The summed E-state index contributed by atoms with van der Waals surface area (Å²) in [5.74, 6) is 1.47. The Morgan fingerprint density at radius 3 is 2.41 bits per heavy atom. The molecule has 2 aromatic rings. The summed E-state index contributed by atoms with van der Waals surface area (Å²) in [6, 6.07) is 10.1. The van der Waals surface area contributed by atoms with Gasteiger partial charge in [0.2, 0.25) is 10.0 Å². The first kappa shape index (κ1) is 16.7. The average Bonchev–Trinajstić information content (AvgIpc) is 3.53. The van der Waals surface area contributed by atoms with Crippen LogP contribution in [-0.2, 0) is 10.0 Å². The van der Waals surface area contributed by atoms with Gasteiger partial charge < -0.3 is 4.90 Å². The van der Waals surface area contributed by atoms with Crippen molar-refractivity contribution in [3.05, 3.63) is 47.9 Å². The van der Waals surface area contributed by atoms with E-state index in [0.717, 1.165) is 17.9 Å². The maximum absolute atomic E-state index is 13.0. The van der Waals surface area contributed by atoms with E-state index in [4.69, 9.17) is 5.26 Å². The van der Waals surface area contributed by atoms with Crippen molar-refractivity contribution in [2.45, 2.75) is 42.2 Å². The monoisotopic (exact) mass is 381 g/mol. The molecule has 3 saturated heterocycles. The van der Waals surface area contributed by atoms with Gasteiger partial charge in [-0.15, -0.1) is 0 Å². The number of piperidine rings is 1. The van der Waals surface area contributed by atoms with Crippen molar-refractivity contribution in [1.82, 2.24) is 14.3 Å². The molecule has 27 heavy (non-hydrogen) atoms. The maximum Gasteiger partial charge on any atom is 0.243 e.